The van der Waals surface area contributed by atoms with Gasteiger partial charge in [0.15, 0.2) is 0 Å². The highest BCUT2D eigenvalue weighted by Gasteiger charge is 2.29. The van der Waals surface area contributed by atoms with E-state index < -0.39 is 0 Å². The number of hydrogen-bond donors (Lipinski definition) is 1. The summed E-state index contributed by atoms with van der Waals surface area (Å²) in [4.78, 5) is 14.3. The summed E-state index contributed by atoms with van der Waals surface area (Å²) < 4.78 is 0. The van der Waals surface area contributed by atoms with Crippen molar-refractivity contribution in [1.29, 1.82) is 0 Å². The molecule has 1 unspecified atom stereocenters. The van der Waals surface area contributed by atoms with Gasteiger partial charge in [-0.15, -0.1) is 0 Å². The molecule has 0 saturated carbocycles. The van der Waals surface area contributed by atoms with Gasteiger partial charge < -0.3 is 10.2 Å². The number of nitrogens with zero attached hydrogens (tertiary/aromatic N) is 1. The topological polar surface area (TPSA) is 32.3 Å². The van der Waals surface area contributed by atoms with Crippen LogP contribution in [0.1, 0.15) is 23.2 Å². The van der Waals surface area contributed by atoms with Crippen LogP contribution >= 0.6 is 23.2 Å². The molecule has 3 nitrogen and oxygen atoms in total. The lowest BCUT2D eigenvalue weighted by atomic mass is 10.1. The summed E-state index contributed by atoms with van der Waals surface area (Å²) in [5.41, 5.74) is 0.532. The molecule has 0 spiro atoms. The normalized spacial score (nSPS) is 19.3. The SMILES string of the molecule is CNCC1CCCN1C(=O)c1ccc(Cl)cc1Cl. The zero-order valence-electron chi connectivity index (χ0n) is 10.2. The van der Waals surface area contributed by atoms with Crippen LogP contribution in [0, 0.1) is 0 Å². The Balaban J connectivity index is 2.20. The van der Waals surface area contributed by atoms with Crippen molar-refractivity contribution in [2.45, 2.75) is 18.9 Å². The molecule has 0 bridgehead atoms. The van der Waals surface area contributed by atoms with Gasteiger partial charge in [0.05, 0.1) is 10.6 Å². The highest BCUT2D eigenvalue weighted by molar-refractivity contribution is 6.36. The van der Waals surface area contributed by atoms with E-state index in [0.29, 0.717) is 15.6 Å². The average Bonchev–Trinajstić information content (AvgIpc) is 2.77. The monoisotopic (exact) mass is 286 g/mol. The lowest BCUT2D eigenvalue weighted by Gasteiger charge is -2.25. The number of likely N-dealkylation sites (tertiary alicyclic amines) is 1. The smallest absolute Gasteiger partial charge is 0.255 e. The number of nitrogens with one attached hydrogen (secondary N) is 1. The second-order valence-electron chi connectivity index (χ2n) is 4.48. The van der Waals surface area contributed by atoms with E-state index in [1.165, 1.54) is 0 Å². The first-order chi connectivity index (χ1) is 8.63. The molecule has 1 fully saturated rings. The third kappa shape index (κ3) is 2.79. The minimum atomic E-state index is -0.00517. The minimum Gasteiger partial charge on any atom is -0.334 e. The molecule has 5 heteroatoms. The van der Waals surface area contributed by atoms with Crippen molar-refractivity contribution in [3.8, 4) is 0 Å². The number of benzene rings is 1. The van der Waals surface area contributed by atoms with Crippen molar-refractivity contribution in [2.75, 3.05) is 20.1 Å². The molecular formula is C13H16Cl2N2O. The van der Waals surface area contributed by atoms with Crippen LogP contribution in [-0.2, 0) is 0 Å². The molecule has 0 aromatic heterocycles. The largest absolute Gasteiger partial charge is 0.334 e. The van der Waals surface area contributed by atoms with Gasteiger partial charge in [0.1, 0.15) is 0 Å². The highest BCUT2D eigenvalue weighted by Crippen LogP contribution is 2.25. The van der Waals surface area contributed by atoms with E-state index in [9.17, 15) is 4.79 Å². The first-order valence-electron chi connectivity index (χ1n) is 6.04. The lowest BCUT2D eigenvalue weighted by Crippen LogP contribution is -2.40. The first kappa shape index (κ1) is 13.7. The van der Waals surface area contributed by atoms with Crippen molar-refractivity contribution in [3.63, 3.8) is 0 Å². The van der Waals surface area contributed by atoms with E-state index in [4.69, 9.17) is 23.2 Å². The molecule has 1 N–H and O–H groups in total. The Hall–Kier alpha value is -0.770. The molecule has 1 aromatic carbocycles. The van der Waals surface area contributed by atoms with E-state index in [0.717, 1.165) is 25.9 Å². The number of amides is 1. The van der Waals surface area contributed by atoms with Crippen LogP contribution < -0.4 is 5.32 Å². The van der Waals surface area contributed by atoms with Gasteiger partial charge in [-0.25, -0.2) is 0 Å². The zero-order valence-corrected chi connectivity index (χ0v) is 11.8. The van der Waals surface area contributed by atoms with Gasteiger partial charge in [-0.3, -0.25) is 4.79 Å². The molecule has 0 radical (unpaired) electrons. The number of carbonyl (C=O) groups excluding carboxylic acids is 1. The quantitative estimate of drug-likeness (QED) is 0.927. The summed E-state index contributed by atoms with van der Waals surface area (Å²) in [7, 11) is 1.90. The fourth-order valence-electron chi connectivity index (χ4n) is 2.37. The van der Waals surface area contributed by atoms with Crippen LogP contribution in [0.5, 0.6) is 0 Å². The van der Waals surface area contributed by atoms with Gasteiger partial charge in [0, 0.05) is 24.2 Å². The summed E-state index contributed by atoms with van der Waals surface area (Å²) >= 11 is 11.9. The van der Waals surface area contributed by atoms with E-state index in [2.05, 4.69) is 5.32 Å². The lowest BCUT2D eigenvalue weighted by molar-refractivity contribution is 0.0737. The molecule has 98 valence electrons. The third-order valence-corrected chi connectivity index (χ3v) is 3.79. The highest BCUT2D eigenvalue weighted by atomic mass is 35.5. The Bertz CT molecular complexity index is 451. The minimum absolute atomic E-state index is 0.00517. The fraction of sp³-hybridized carbons (Fsp3) is 0.462. The van der Waals surface area contributed by atoms with Gasteiger partial charge >= 0.3 is 0 Å². The van der Waals surface area contributed by atoms with Crippen molar-refractivity contribution in [1.82, 2.24) is 10.2 Å². The Morgan fingerprint density at radius 3 is 2.94 bits per heavy atom. The van der Waals surface area contributed by atoms with Crippen LogP contribution in [0.3, 0.4) is 0 Å². The van der Waals surface area contributed by atoms with E-state index >= 15 is 0 Å². The van der Waals surface area contributed by atoms with Crippen molar-refractivity contribution in [3.05, 3.63) is 33.8 Å². The molecule has 18 heavy (non-hydrogen) atoms. The molecule has 1 aliphatic heterocycles. The Labute approximate surface area is 117 Å². The molecular weight excluding hydrogens is 271 g/mol. The Morgan fingerprint density at radius 1 is 1.50 bits per heavy atom. The Kier molecular flexibility index (Phi) is 4.49. The van der Waals surface area contributed by atoms with E-state index in [1.807, 2.05) is 11.9 Å². The maximum atomic E-state index is 12.4. The molecule has 1 heterocycles. The fourth-order valence-corrected chi connectivity index (χ4v) is 2.86. The summed E-state index contributed by atoms with van der Waals surface area (Å²) in [6, 6.07) is 5.26. The van der Waals surface area contributed by atoms with Gasteiger partial charge in [-0.05, 0) is 38.1 Å². The van der Waals surface area contributed by atoms with E-state index in [1.54, 1.807) is 18.2 Å². The van der Waals surface area contributed by atoms with Crippen molar-refractivity contribution >= 4 is 29.1 Å². The summed E-state index contributed by atoms with van der Waals surface area (Å²) in [6.07, 6.45) is 2.08. The van der Waals surface area contributed by atoms with Crippen LogP contribution in [0.4, 0.5) is 0 Å². The standard InChI is InChI=1S/C13H16Cl2N2O/c1-16-8-10-3-2-6-17(10)13(18)11-5-4-9(14)7-12(11)15/h4-5,7,10,16H,2-3,6,8H2,1H3. The molecule has 1 atom stereocenters. The second kappa shape index (κ2) is 5.91. The third-order valence-electron chi connectivity index (χ3n) is 3.24. The molecule has 1 saturated heterocycles. The van der Waals surface area contributed by atoms with Crippen molar-refractivity contribution < 1.29 is 4.79 Å². The molecule has 1 amide bonds. The first-order valence-corrected chi connectivity index (χ1v) is 6.79. The van der Waals surface area contributed by atoms with E-state index in [-0.39, 0.29) is 11.9 Å². The maximum absolute atomic E-state index is 12.4. The maximum Gasteiger partial charge on any atom is 0.255 e. The second-order valence-corrected chi connectivity index (χ2v) is 5.32. The number of halogens is 2. The summed E-state index contributed by atoms with van der Waals surface area (Å²) in [6.45, 7) is 1.61. The number of likely N-dealkylation sites (N-methyl/N-ethyl adjacent to an activating group) is 1. The van der Waals surface area contributed by atoms with Gasteiger partial charge in [-0.1, -0.05) is 23.2 Å². The zero-order chi connectivity index (χ0) is 13.1. The predicted molar refractivity (Wildman–Crippen MR) is 74.4 cm³/mol. The van der Waals surface area contributed by atoms with Crippen molar-refractivity contribution in [2.24, 2.45) is 0 Å². The number of hydrogen-bond acceptors (Lipinski definition) is 2. The summed E-state index contributed by atoms with van der Waals surface area (Å²) in [5.74, 6) is -0.00517. The average molecular weight is 287 g/mol. The van der Waals surface area contributed by atoms with Crippen LogP contribution in [0.2, 0.25) is 10.0 Å². The van der Waals surface area contributed by atoms with Gasteiger partial charge in [-0.2, -0.15) is 0 Å². The van der Waals surface area contributed by atoms with Crippen LogP contribution in [0.15, 0.2) is 18.2 Å². The predicted octanol–water partition coefficient (Wildman–Crippen LogP) is 2.82. The molecule has 1 aromatic rings. The van der Waals surface area contributed by atoms with Gasteiger partial charge in [0.25, 0.3) is 5.91 Å². The Morgan fingerprint density at radius 2 is 2.28 bits per heavy atom. The van der Waals surface area contributed by atoms with Gasteiger partial charge in [0.2, 0.25) is 0 Å². The summed E-state index contributed by atoms with van der Waals surface area (Å²) in [5, 5.41) is 4.09. The molecule has 2 rings (SSSR count). The van der Waals surface area contributed by atoms with Crippen LogP contribution in [-0.4, -0.2) is 37.0 Å². The number of rotatable bonds is 3. The van der Waals surface area contributed by atoms with Crippen LogP contribution in [0.25, 0.3) is 0 Å². The molecule has 0 aliphatic carbocycles. The number of carbonyl (C=O) groups is 1. The molecule has 1 aliphatic rings.